The summed E-state index contributed by atoms with van der Waals surface area (Å²) in [6, 6.07) is 3.34. The number of rotatable bonds is 4. The predicted octanol–water partition coefficient (Wildman–Crippen LogP) is 3.40. The van der Waals surface area contributed by atoms with Gasteiger partial charge in [-0.15, -0.1) is 0 Å². The Morgan fingerprint density at radius 3 is 2.27 bits per heavy atom. The van der Waals surface area contributed by atoms with Gasteiger partial charge in [-0.1, -0.05) is 0 Å². The van der Waals surface area contributed by atoms with Crippen LogP contribution in [-0.4, -0.2) is 31.6 Å². The average Bonchev–Trinajstić information content (AvgIpc) is 3.01. The molecule has 160 valence electrons. The number of nitrogens with one attached hydrogen (secondary N) is 3. The van der Waals surface area contributed by atoms with E-state index in [0.717, 1.165) is 36.4 Å². The van der Waals surface area contributed by atoms with Crippen molar-refractivity contribution >= 4 is 17.6 Å². The number of anilines is 1. The van der Waals surface area contributed by atoms with Crippen molar-refractivity contribution in [3.8, 4) is 5.75 Å². The molecule has 30 heavy (non-hydrogen) atoms. The van der Waals surface area contributed by atoms with Crippen molar-refractivity contribution in [2.45, 2.75) is 18.1 Å². The molecule has 6 nitrogen and oxygen atoms in total. The Morgan fingerprint density at radius 1 is 1.13 bits per heavy atom. The van der Waals surface area contributed by atoms with Crippen LogP contribution in [0, 0.1) is 11.6 Å². The van der Waals surface area contributed by atoms with Crippen LogP contribution in [0.3, 0.4) is 0 Å². The van der Waals surface area contributed by atoms with E-state index in [9.17, 15) is 31.5 Å². The molecule has 0 aliphatic carbocycles. The summed E-state index contributed by atoms with van der Waals surface area (Å²) < 4.78 is 71.4. The Kier molecular flexibility index (Phi) is 5.81. The zero-order valence-electron chi connectivity index (χ0n) is 15.4. The van der Waals surface area contributed by atoms with Crippen LogP contribution >= 0.6 is 0 Å². The third-order valence-corrected chi connectivity index (χ3v) is 4.60. The number of carbonyl (C=O) groups excluding carboxylic acids is 2. The molecule has 0 saturated carbocycles. The van der Waals surface area contributed by atoms with E-state index in [-0.39, 0.29) is 18.0 Å². The maximum Gasteiger partial charge on any atom is 0.416 e. The van der Waals surface area contributed by atoms with E-state index in [2.05, 4.69) is 16.0 Å². The third kappa shape index (κ3) is 4.44. The van der Waals surface area contributed by atoms with Crippen molar-refractivity contribution in [2.75, 3.05) is 19.0 Å². The molecule has 11 heteroatoms. The van der Waals surface area contributed by atoms with Crippen LogP contribution in [-0.2, 0) is 11.0 Å². The first-order chi connectivity index (χ1) is 14.1. The fourth-order valence-corrected chi connectivity index (χ4v) is 3.14. The van der Waals surface area contributed by atoms with E-state index >= 15 is 0 Å². The van der Waals surface area contributed by atoms with Gasteiger partial charge in [-0.2, -0.15) is 13.2 Å². The summed E-state index contributed by atoms with van der Waals surface area (Å²) in [6.45, 7) is -0.121. The number of benzene rings is 2. The quantitative estimate of drug-likeness (QED) is 0.652. The van der Waals surface area contributed by atoms with Gasteiger partial charge in [0, 0.05) is 35.8 Å². The lowest BCUT2D eigenvalue weighted by Gasteiger charge is -2.20. The fourth-order valence-electron chi connectivity index (χ4n) is 3.14. The minimum Gasteiger partial charge on any atom is -0.497 e. The summed E-state index contributed by atoms with van der Waals surface area (Å²) in [5, 5.41) is 7.01. The highest BCUT2D eigenvalue weighted by Crippen LogP contribution is 2.32. The molecule has 3 rings (SSSR count). The van der Waals surface area contributed by atoms with Gasteiger partial charge in [0.15, 0.2) is 0 Å². The van der Waals surface area contributed by atoms with Crippen molar-refractivity contribution in [1.82, 2.24) is 10.6 Å². The SMILES string of the molecule is COc1cc(F)c(C2CNC(=O)C2NC(=O)Nc2ccc(C(F)(F)F)cc2)c(F)c1. The van der Waals surface area contributed by atoms with Gasteiger partial charge in [0.2, 0.25) is 5.91 Å². The first kappa shape index (κ1) is 21.3. The van der Waals surface area contributed by atoms with Crippen molar-refractivity contribution in [1.29, 1.82) is 0 Å². The normalized spacial score (nSPS) is 18.7. The minimum absolute atomic E-state index is 0.0391. The van der Waals surface area contributed by atoms with E-state index in [0.29, 0.717) is 0 Å². The van der Waals surface area contributed by atoms with Crippen molar-refractivity contribution in [3.63, 3.8) is 0 Å². The lowest BCUT2D eigenvalue weighted by molar-refractivity contribution is -0.137. The summed E-state index contributed by atoms with van der Waals surface area (Å²) in [7, 11) is 1.24. The molecule has 1 fully saturated rings. The second-order valence-electron chi connectivity index (χ2n) is 6.51. The molecule has 3 N–H and O–H groups in total. The number of carbonyl (C=O) groups is 2. The standard InChI is InChI=1S/C19H16F5N3O3/c1-30-11-6-13(20)15(14(21)7-11)12-8-25-17(28)16(12)27-18(29)26-10-4-2-9(3-5-10)19(22,23)24/h2-7,12,16H,8H2,1H3,(H,25,28)(H2,26,27,29). The van der Waals surface area contributed by atoms with Crippen LogP contribution in [0.2, 0.25) is 0 Å². The van der Waals surface area contributed by atoms with Crippen LogP contribution in [0.5, 0.6) is 5.75 Å². The number of hydrogen-bond acceptors (Lipinski definition) is 3. The molecule has 0 radical (unpaired) electrons. The van der Waals surface area contributed by atoms with Crippen LogP contribution in [0.1, 0.15) is 17.0 Å². The highest BCUT2D eigenvalue weighted by atomic mass is 19.4. The molecule has 3 amide bonds. The lowest BCUT2D eigenvalue weighted by Crippen LogP contribution is -2.45. The highest BCUT2D eigenvalue weighted by molar-refractivity contribution is 5.95. The molecule has 0 bridgehead atoms. The van der Waals surface area contributed by atoms with Crippen LogP contribution < -0.4 is 20.7 Å². The topological polar surface area (TPSA) is 79.5 Å². The van der Waals surface area contributed by atoms with Gasteiger partial charge >= 0.3 is 12.2 Å². The number of halogens is 5. The summed E-state index contributed by atoms with van der Waals surface area (Å²) in [5.74, 6) is -3.62. The van der Waals surface area contributed by atoms with Gasteiger partial charge in [-0.05, 0) is 24.3 Å². The second-order valence-corrected chi connectivity index (χ2v) is 6.51. The first-order valence-corrected chi connectivity index (χ1v) is 8.65. The Labute approximate surface area is 167 Å². The van der Waals surface area contributed by atoms with Crippen LogP contribution in [0.15, 0.2) is 36.4 Å². The maximum atomic E-state index is 14.4. The van der Waals surface area contributed by atoms with Gasteiger partial charge in [0.05, 0.1) is 12.7 Å². The number of hydrogen-bond donors (Lipinski definition) is 3. The van der Waals surface area contributed by atoms with Crippen LogP contribution in [0.25, 0.3) is 0 Å². The Balaban J connectivity index is 1.75. The van der Waals surface area contributed by atoms with Gasteiger partial charge < -0.3 is 20.7 Å². The average molecular weight is 429 g/mol. The van der Waals surface area contributed by atoms with E-state index in [4.69, 9.17) is 4.74 Å². The molecule has 1 heterocycles. The fraction of sp³-hybridized carbons (Fsp3) is 0.263. The van der Waals surface area contributed by atoms with Crippen molar-refractivity contribution in [2.24, 2.45) is 0 Å². The number of ether oxygens (including phenoxy) is 1. The summed E-state index contributed by atoms with van der Waals surface area (Å²) in [5.41, 5.74) is -1.25. The van der Waals surface area contributed by atoms with E-state index in [1.54, 1.807) is 0 Å². The van der Waals surface area contributed by atoms with Crippen molar-refractivity contribution in [3.05, 3.63) is 59.2 Å². The zero-order chi connectivity index (χ0) is 22.1. The van der Waals surface area contributed by atoms with Gasteiger partial charge in [-0.3, -0.25) is 4.79 Å². The molecule has 2 atom stereocenters. The molecule has 1 aliphatic rings. The molecule has 1 aliphatic heterocycles. The zero-order valence-corrected chi connectivity index (χ0v) is 15.4. The monoisotopic (exact) mass is 429 g/mol. The number of alkyl halides is 3. The van der Waals surface area contributed by atoms with Crippen molar-refractivity contribution < 1.29 is 36.3 Å². The molecule has 1 saturated heterocycles. The molecular weight excluding hydrogens is 413 g/mol. The summed E-state index contributed by atoms with van der Waals surface area (Å²) >= 11 is 0. The Bertz CT molecular complexity index is 940. The lowest BCUT2D eigenvalue weighted by atomic mass is 9.93. The molecule has 2 aromatic carbocycles. The third-order valence-electron chi connectivity index (χ3n) is 4.60. The highest BCUT2D eigenvalue weighted by Gasteiger charge is 2.40. The van der Waals surface area contributed by atoms with E-state index < -0.39 is 52.8 Å². The molecule has 0 aromatic heterocycles. The Hall–Kier alpha value is -3.37. The number of urea groups is 1. The van der Waals surface area contributed by atoms with Gasteiger partial charge in [0.1, 0.15) is 23.4 Å². The molecule has 0 spiro atoms. The molecule has 2 unspecified atom stereocenters. The largest absolute Gasteiger partial charge is 0.497 e. The molecular formula is C19H16F5N3O3. The Morgan fingerprint density at radius 2 is 1.73 bits per heavy atom. The maximum absolute atomic E-state index is 14.4. The second kappa shape index (κ2) is 8.17. The van der Waals surface area contributed by atoms with Gasteiger partial charge in [-0.25, -0.2) is 13.6 Å². The number of amides is 3. The first-order valence-electron chi connectivity index (χ1n) is 8.65. The molecule has 2 aromatic rings. The number of methoxy groups -OCH3 is 1. The summed E-state index contributed by atoms with van der Waals surface area (Å²) in [4.78, 5) is 24.3. The summed E-state index contributed by atoms with van der Waals surface area (Å²) in [6.07, 6.45) is -4.53. The van der Waals surface area contributed by atoms with E-state index in [1.807, 2.05) is 0 Å². The van der Waals surface area contributed by atoms with E-state index in [1.165, 1.54) is 7.11 Å². The smallest absolute Gasteiger partial charge is 0.416 e. The minimum atomic E-state index is -4.53. The van der Waals surface area contributed by atoms with Gasteiger partial charge in [0.25, 0.3) is 0 Å². The van der Waals surface area contributed by atoms with Crippen LogP contribution in [0.4, 0.5) is 32.4 Å². The predicted molar refractivity (Wildman–Crippen MR) is 96.0 cm³/mol.